The fraction of sp³-hybridized carbons (Fsp3) is 0.923. The molecular weight excluding hydrogens is 202 g/mol. The quantitative estimate of drug-likeness (QED) is 0.783. The first kappa shape index (κ1) is 13.5. The van der Waals surface area contributed by atoms with E-state index < -0.39 is 0 Å². The molecule has 1 heterocycles. The van der Waals surface area contributed by atoms with Crippen LogP contribution in [-0.4, -0.2) is 24.7 Å². The van der Waals surface area contributed by atoms with Crippen LogP contribution in [-0.2, 0) is 9.53 Å². The molecule has 1 aliphatic rings. The summed E-state index contributed by atoms with van der Waals surface area (Å²) in [5.41, 5.74) is -0.133. The molecule has 2 atom stereocenters. The molecule has 94 valence electrons. The Kier molecular flexibility index (Phi) is 4.36. The third kappa shape index (κ3) is 3.78. The van der Waals surface area contributed by atoms with Crippen LogP contribution in [0.4, 0.5) is 0 Å². The highest BCUT2D eigenvalue weighted by atomic mass is 16.5. The number of nitrogens with one attached hydrogen (secondary N) is 1. The standard InChI is InChI=1S/C13H25NO2/c1-9(2)6-11-10(7-12(15)14-11)8-13(3,4)16-5/h9-11H,6-8H2,1-5H3,(H,14,15). The van der Waals surface area contributed by atoms with E-state index in [0.29, 0.717) is 24.3 Å². The van der Waals surface area contributed by atoms with Crippen molar-refractivity contribution in [3.05, 3.63) is 0 Å². The number of carbonyl (C=O) groups is 1. The molecule has 3 heteroatoms. The number of hydrogen-bond donors (Lipinski definition) is 1. The van der Waals surface area contributed by atoms with Gasteiger partial charge in [-0.1, -0.05) is 13.8 Å². The first-order valence-electron chi connectivity index (χ1n) is 6.18. The van der Waals surface area contributed by atoms with Gasteiger partial charge in [-0.05, 0) is 38.5 Å². The summed E-state index contributed by atoms with van der Waals surface area (Å²) in [7, 11) is 1.74. The molecule has 1 saturated heterocycles. The second-order valence-electron chi connectivity index (χ2n) is 5.94. The topological polar surface area (TPSA) is 38.3 Å². The summed E-state index contributed by atoms with van der Waals surface area (Å²) in [6, 6.07) is 0.335. The van der Waals surface area contributed by atoms with Gasteiger partial charge in [0.25, 0.3) is 0 Å². The van der Waals surface area contributed by atoms with E-state index in [1.54, 1.807) is 7.11 Å². The zero-order chi connectivity index (χ0) is 12.3. The first-order chi connectivity index (χ1) is 7.34. The summed E-state index contributed by atoms with van der Waals surface area (Å²) < 4.78 is 5.45. The van der Waals surface area contributed by atoms with Gasteiger partial charge in [0.05, 0.1) is 5.60 Å². The first-order valence-corrected chi connectivity index (χ1v) is 6.18. The van der Waals surface area contributed by atoms with Gasteiger partial charge in [0.1, 0.15) is 0 Å². The SMILES string of the molecule is COC(C)(C)CC1CC(=O)NC1CC(C)C. The van der Waals surface area contributed by atoms with Crippen molar-refractivity contribution < 1.29 is 9.53 Å². The summed E-state index contributed by atoms with van der Waals surface area (Å²) in [6.45, 7) is 8.57. The number of hydrogen-bond acceptors (Lipinski definition) is 2. The van der Waals surface area contributed by atoms with Gasteiger partial charge in [0.15, 0.2) is 0 Å². The highest BCUT2D eigenvalue weighted by Crippen LogP contribution is 2.30. The van der Waals surface area contributed by atoms with E-state index in [4.69, 9.17) is 4.74 Å². The molecule has 0 spiro atoms. The summed E-state index contributed by atoms with van der Waals surface area (Å²) >= 11 is 0. The Bertz CT molecular complexity index is 248. The predicted molar refractivity (Wildman–Crippen MR) is 65.2 cm³/mol. The van der Waals surface area contributed by atoms with Crippen LogP contribution in [0.25, 0.3) is 0 Å². The molecule has 0 aromatic heterocycles. The van der Waals surface area contributed by atoms with Crippen LogP contribution in [0.3, 0.4) is 0 Å². The van der Waals surface area contributed by atoms with Gasteiger partial charge >= 0.3 is 0 Å². The Balaban J connectivity index is 2.59. The minimum Gasteiger partial charge on any atom is -0.379 e. The van der Waals surface area contributed by atoms with Gasteiger partial charge in [-0.25, -0.2) is 0 Å². The van der Waals surface area contributed by atoms with Crippen LogP contribution in [0.2, 0.25) is 0 Å². The summed E-state index contributed by atoms with van der Waals surface area (Å²) in [5, 5.41) is 3.09. The lowest BCUT2D eigenvalue weighted by Crippen LogP contribution is -2.34. The average Bonchev–Trinajstić information content (AvgIpc) is 2.44. The van der Waals surface area contributed by atoms with Gasteiger partial charge in [0.2, 0.25) is 5.91 Å². The lowest BCUT2D eigenvalue weighted by molar-refractivity contribution is -0.119. The van der Waals surface area contributed by atoms with Crippen molar-refractivity contribution in [2.75, 3.05) is 7.11 Å². The van der Waals surface area contributed by atoms with Crippen LogP contribution >= 0.6 is 0 Å². The summed E-state index contributed by atoms with van der Waals surface area (Å²) in [6.07, 6.45) is 2.67. The van der Waals surface area contributed by atoms with E-state index in [1.165, 1.54) is 0 Å². The van der Waals surface area contributed by atoms with Crippen molar-refractivity contribution in [3.63, 3.8) is 0 Å². The molecule has 3 nitrogen and oxygen atoms in total. The Morgan fingerprint density at radius 3 is 2.62 bits per heavy atom. The molecule has 1 aliphatic heterocycles. The highest BCUT2D eigenvalue weighted by molar-refractivity contribution is 5.79. The number of carbonyl (C=O) groups excluding carboxylic acids is 1. The normalized spacial score (nSPS) is 26.2. The lowest BCUT2D eigenvalue weighted by Gasteiger charge is -2.29. The zero-order valence-electron chi connectivity index (χ0n) is 11.2. The molecule has 16 heavy (non-hydrogen) atoms. The molecular formula is C13H25NO2. The maximum Gasteiger partial charge on any atom is 0.220 e. The molecule has 1 N–H and O–H groups in total. The van der Waals surface area contributed by atoms with Crippen molar-refractivity contribution in [1.29, 1.82) is 0 Å². The van der Waals surface area contributed by atoms with Crippen molar-refractivity contribution in [2.24, 2.45) is 11.8 Å². The minimum absolute atomic E-state index is 0.133. The molecule has 0 saturated carbocycles. The predicted octanol–water partition coefficient (Wildman–Crippen LogP) is 2.35. The number of rotatable bonds is 5. The third-order valence-corrected chi connectivity index (χ3v) is 3.39. The fourth-order valence-electron chi connectivity index (χ4n) is 2.45. The van der Waals surface area contributed by atoms with Crippen LogP contribution in [0.1, 0.15) is 47.0 Å². The number of ether oxygens (including phenoxy) is 1. The Labute approximate surface area is 98.9 Å². The molecule has 0 radical (unpaired) electrons. The molecule has 0 bridgehead atoms. The maximum atomic E-state index is 11.5. The second kappa shape index (κ2) is 5.17. The maximum absolute atomic E-state index is 11.5. The Morgan fingerprint density at radius 1 is 1.50 bits per heavy atom. The smallest absolute Gasteiger partial charge is 0.220 e. The van der Waals surface area contributed by atoms with E-state index in [-0.39, 0.29) is 11.5 Å². The number of methoxy groups -OCH3 is 1. The minimum atomic E-state index is -0.133. The molecule has 0 aliphatic carbocycles. The third-order valence-electron chi connectivity index (χ3n) is 3.39. The van der Waals surface area contributed by atoms with Gasteiger partial charge in [0, 0.05) is 19.6 Å². The fourth-order valence-corrected chi connectivity index (χ4v) is 2.45. The molecule has 1 amide bonds. The molecule has 2 unspecified atom stereocenters. The zero-order valence-corrected chi connectivity index (χ0v) is 11.2. The average molecular weight is 227 g/mol. The molecule has 1 fully saturated rings. The summed E-state index contributed by atoms with van der Waals surface area (Å²) in [5.74, 6) is 1.24. The van der Waals surface area contributed by atoms with E-state index in [9.17, 15) is 4.79 Å². The van der Waals surface area contributed by atoms with Crippen LogP contribution in [0, 0.1) is 11.8 Å². The molecule has 0 aromatic rings. The highest BCUT2D eigenvalue weighted by Gasteiger charge is 2.36. The molecule has 1 rings (SSSR count). The van der Waals surface area contributed by atoms with Crippen LogP contribution in [0.15, 0.2) is 0 Å². The summed E-state index contributed by atoms with van der Waals surface area (Å²) in [4.78, 5) is 11.5. The van der Waals surface area contributed by atoms with E-state index in [1.807, 2.05) is 0 Å². The number of amides is 1. The van der Waals surface area contributed by atoms with Gasteiger partial charge in [-0.2, -0.15) is 0 Å². The largest absolute Gasteiger partial charge is 0.379 e. The molecule has 0 aromatic carbocycles. The van der Waals surface area contributed by atoms with Crippen LogP contribution < -0.4 is 5.32 Å². The van der Waals surface area contributed by atoms with Crippen LogP contribution in [0.5, 0.6) is 0 Å². The van der Waals surface area contributed by atoms with Gasteiger partial charge in [-0.3, -0.25) is 4.79 Å². The van der Waals surface area contributed by atoms with E-state index >= 15 is 0 Å². The Hall–Kier alpha value is -0.570. The monoisotopic (exact) mass is 227 g/mol. The second-order valence-corrected chi connectivity index (χ2v) is 5.94. The van der Waals surface area contributed by atoms with Crippen molar-refractivity contribution >= 4 is 5.91 Å². The van der Waals surface area contributed by atoms with E-state index in [0.717, 1.165) is 12.8 Å². The van der Waals surface area contributed by atoms with Crippen molar-refractivity contribution in [2.45, 2.75) is 58.6 Å². The van der Waals surface area contributed by atoms with E-state index in [2.05, 4.69) is 33.0 Å². The lowest BCUT2D eigenvalue weighted by atomic mass is 9.85. The van der Waals surface area contributed by atoms with Gasteiger partial charge in [-0.15, -0.1) is 0 Å². The van der Waals surface area contributed by atoms with Gasteiger partial charge < -0.3 is 10.1 Å². The van der Waals surface area contributed by atoms with Crippen molar-refractivity contribution in [3.8, 4) is 0 Å². The van der Waals surface area contributed by atoms with Crippen molar-refractivity contribution in [1.82, 2.24) is 5.32 Å². The Morgan fingerprint density at radius 2 is 2.12 bits per heavy atom.